The number of aromatic nitrogens is 1. The lowest BCUT2D eigenvalue weighted by Crippen LogP contribution is -2.32. The molecule has 2 aromatic carbocycles. The number of amides is 1. The van der Waals surface area contributed by atoms with E-state index in [0.717, 1.165) is 22.4 Å². The van der Waals surface area contributed by atoms with Crippen LogP contribution in [0.25, 0.3) is 0 Å². The zero-order valence-electron chi connectivity index (χ0n) is 17.0. The van der Waals surface area contributed by atoms with Crippen LogP contribution in [0, 0.1) is 5.82 Å². The fraction of sp³-hybridized carbons (Fsp3) is 0.250. The van der Waals surface area contributed by atoms with E-state index in [-0.39, 0.29) is 18.3 Å². The summed E-state index contributed by atoms with van der Waals surface area (Å²) >= 11 is 0. The van der Waals surface area contributed by atoms with Crippen LogP contribution in [0.3, 0.4) is 0 Å². The maximum atomic E-state index is 13.0. The number of nitrogens with zero attached hydrogens (tertiary/aromatic N) is 2. The molecule has 0 atom stereocenters. The van der Waals surface area contributed by atoms with Gasteiger partial charge in [-0.25, -0.2) is 4.39 Å². The van der Waals surface area contributed by atoms with Crippen LogP contribution in [0.4, 0.5) is 4.39 Å². The van der Waals surface area contributed by atoms with Crippen molar-refractivity contribution < 1.29 is 18.7 Å². The summed E-state index contributed by atoms with van der Waals surface area (Å²) in [5, 5.41) is 0. The molecule has 0 saturated carbocycles. The predicted octanol–water partition coefficient (Wildman–Crippen LogP) is 4.02. The molecule has 1 heterocycles. The smallest absolute Gasteiger partial charge is 0.249 e. The third kappa shape index (κ3) is 6.67. The van der Waals surface area contributed by atoms with Gasteiger partial charge in [-0.3, -0.25) is 9.78 Å². The number of carbonyl (C=O) groups excluding carboxylic acids is 1. The average molecular weight is 408 g/mol. The maximum absolute atomic E-state index is 13.0. The summed E-state index contributed by atoms with van der Waals surface area (Å²) in [5.41, 5.74) is 2.98. The maximum Gasteiger partial charge on any atom is 0.249 e. The molecule has 0 aliphatic carbocycles. The van der Waals surface area contributed by atoms with Crippen molar-refractivity contribution in [1.29, 1.82) is 0 Å². The molecule has 30 heavy (non-hydrogen) atoms. The molecule has 0 bridgehead atoms. The first kappa shape index (κ1) is 21.5. The van der Waals surface area contributed by atoms with Crippen LogP contribution >= 0.6 is 0 Å². The van der Waals surface area contributed by atoms with Crippen molar-refractivity contribution in [1.82, 2.24) is 9.88 Å². The van der Waals surface area contributed by atoms with Crippen molar-refractivity contribution in [3.05, 3.63) is 95.6 Å². The molecular formula is C24H25FN2O3. The second kappa shape index (κ2) is 11.1. The van der Waals surface area contributed by atoms with Crippen molar-refractivity contribution in [2.75, 3.05) is 20.3 Å². The summed E-state index contributed by atoms with van der Waals surface area (Å²) in [5.74, 6) is 0.404. The minimum absolute atomic E-state index is 0.0267. The van der Waals surface area contributed by atoms with Gasteiger partial charge in [0, 0.05) is 39.0 Å². The van der Waals surface area contributed by atoms with E-state index in [4.69, 9.17) is 9.47 Å². The second-order valence-corrected chi connectivity index (χ2v) is 6.91. The van der Waals surface area contributed by atoms with Gasteiger partial charge in [0.15, 0.2) is 0 Å². The van der Waals surface area contributed by atoms with Crippen LogP contribution in [-0.4, -0.2) is 36.1 Å². The Balaban J connectivity index is 1.61. The van der Waals surface area contributed by atoms with Gasteiger partial charge in [0.05, 0.1) is 6.61 Å². The fourth-order valence-corrected chi connectivity index (χ4v) is 3.05. The summed E-state index contributed by atoms with van der Waals surface area (Å²) in [6.45, 7) is 1.43. The molecule has 1 aromatic heterocycles. The van der Waals surface area contributed by atoms with Gasteiger partial charge in [-0.15, -0.1) is 0 Å². The molecule has 1 amide bonds. The Morgan fingerprint density at radius 3 is 2.43 bits per heavy atom. The van der Waals surface area contributed by atoms with E-state index in [1.54, 1.807) is 29.4 Å². The van der Waals surface area contributed by atoms with Crippen LogP contribution in [-0.2, 0) is 29.0 Å². The Kier molecular flexibility index (Phi) is 7.92. The Bertz CT molecular complexity index is 933. The number of benzene rings is 2. The zero-order valence-corrected chi connectivity index (χ0v) is 17.0. The van der Waals surface area contributed by atoms with Crippen molar-refractivity contribution in [3.63, 3.8) is 0 Å². The number of methoxy groups -OCH3 is 1. The molecule has 0 N–H and O–H groups in total. The highest BCUT2D eigenvalue weighted by atomic mass is 19.1. The Morgan fingerprint density at radius 2 is 1.70 bits per heavy atom. The minimum atomic E-state index is -0.244. The lowest BCUT2D eigenvalue weighted by molar-refractivity contribution is -0.136. The standard InChI is InChI=1S/C24H25FN2O3/c1-29-18-24(28)27(16-20-9-12-26-13-10-20)17-21-3-2-4-23(15-21)30-14-11-19-5-7-22(25)8-6-19/h2-10,12-13,15H,11,14,16-18H2,1H3. The molecule has 3 rings (SSSR count). The second-order valence-electron chi connectivity index (χ2n) is 6.91. The first-order valence-electron chi connectivity index (χ1n) is 9.76. The number of hydrogen-bond donors (Lipinski definition) is 0. The van der Waals surface area contributed by atoms with Gasteiger partial charge in [-0.2, -0.15) is 0 Å². The predicted molar refractivity (Wildman–Crippen MR) is 112 cm³/mol. The van der Waals surface area contributed by atoms with Crippen LogP contribution < -0.4 is 4.74 Å². The van der Waals surface area contributed by atoms with E-state index in [9.17, 15) is 9.18 Å². The van der Waals surface area contributed by atoms with Gasteiger partial charge in [-0.05, 0) is 53.1 Å². The topological polar surface area (TPSA) is 51.7 Å². The van der Waals surface area contributed by atoms with E-state index in [2.05, 4.69) is 4.98 Å². The van der Waals surface area contributed by atoms with E-state index in [1.807, 2.05) is 36.4 Å². The Labute approximate surface area is 176 Å². The number of ether oxygens (including phenoxy) is 2. The molecule has 0 spiro atoms. The molecule has 5 nitrogen and oxygen atoms in total. The third-order valence-corrected chi connectivity index (χ3v) is 4.59. The molecule has 0 aliphatic heterocycles. The summed E-state index contributed by atoms with van der Waals surface area (Å²) in [4.78, 5) is 18.3. The van der Waals surface area contributed by atoms with Crippen LogP contribution in [0.2, 0.25) is 0 Å². The first-order valence-corrected chi connectivity index (χ1v) is 9.76. The van der Waals surface area contributed by atoms with Gasteiger partial charge in [0.2, 0.25) is 5.91 Å². The lowest BCUT2D eigenvalue weighted by atomic mass is 10.1. The number of carbonyl (C=O) groups is 1. The van der Waals surface area contributed by atoms with E-state index < -0.39 is 0 Å². The summed E-state index contributed by atoms with van der Waals surface area (Å²) < 4.78 is 23.9. The molecule has 0 saturated heterocycles. The quantitative estimate of drug-likeness (QED) is 0.509. The first-order chi connectivity index (χ1) is 14.6. The number of rotatable bonds is 10. The van der Waals surface area contributed by atoms with Gasteiger partial charge >= 0.3 is 0 Å². The Hall–Kier alpha value is -3.25. The highest BCUT2D eigenvalue weighted by Crippen LogP contribution is 2.17. The highest BCUT2D eigenvalue weighted by Gasteiger charge is 2.15. The molecular weight excluding hydrogens is 383 g/mol. The zero-order chi connectivity index (χ0) is 21.2. The van der Waals surface area contributed by atoms with Crippen LogP contribution in [0.5, 0.6) is 5.75 Å². The number of pyridine rings is 1. The highest BCUT2D eigenvalue weighted by molar-refractivity contribution is 5.77. The number of hydrogen-bond acceptors (Lipinski definition) is 4. The van der Waals surface area contributed by atoms with E-state index >= 15 is 0 Å². The number of halogens is 1. The fourth-order valence-electron chi connectivity index (χ4n) is 3.05. The van der Waals surface area contributed by atoms with E-state index in [0.29, 0.717) is 26.1 Å². The largest absolute Gasteiger partial charge is 0.493 e. The molecule has 0 radical (unpaired) electrons. The summed E-state index contributed by atoms with van der Waals surface area (Å²) in [6.07, 6.45) is 4.11. The van der Waals surface area contributed by atoms with Crippen molar-refractivity contribution in [3.8, 4) is 5.75 Å². The van der Waals surface area contributed by atoms with Gasteiger partial charge in [0.25, 0.3) is 0 Å². The van der Waals surface area contributed by atoms with Gasteiger partial charge < -0.3 is 14.4 Å². The normalized spacial score (nSPS) is 10.6. The van der Waals surface area contributed by atoms with Crippen LogP contribution in [0.15, 0.2) is 73.1 Å². The molecule has 0 fully saturated rings. The SMILES string of the molecule is COCC(=O)N(Cc1ccncc1)Cc1cccc(OCCc2ccc(F)cc2)c1. The molecule has 6 heteroatoms. The molecule has 156 valence electrons. The monoisotopic (exact) mass is 408 g/mol. The minimum Gasteiger partial charge on any atom is -0.493 e. The lowest BCUT2D eigenvalue weighted by Gasteiger charge is -2.23. The molecule has 0 unspecified atom stereocenters. The average Bonchev–Trinajstić information content (AvgIpc) is 2.76. The summed E-state index contributed by atoms with van der Waals surface area (Å²) in [7, 11) is 1.51. The van der Waals surface area contributed by atoms with Gasteiger partial charge in [-0.1, -0.05) is 24.3 Å². The van der Waals surface area contributed by atoms with Gasteiger partial charge in [0.1, 0.15) is 18.2 Å². The Morgan fingerprint density at radius 1 is 0.967 bits per heavy atom. The summed E-state index contributed by atoms with van der Waals surface area (Å²) in [6, 6.07) is 17.9. The third-order valence-electron chi connectivity index (χ3n) is 4.59. The van der Waals surface area contributed by atoms with Crippen molar-refractivity contribution in [2.45, 2.75) is 19.5 Å². The molecule has 3 aromatic rings. The molecule has 0 aliphatic rings. The van der Waals surface area contributed by atoms with E-state index in [1.165, 1.54) is 19.2 Å². The van der Waals surface area contributed by atoms with Crippen molar-refractivity contribution in [2.24, 2.45) is 0 Å². The van der Waals surface area contributed by atoms with Crippen LogP contribution in [0.1, 0.15) is 16.7 Å². The van der Waals surface area contributed by atoms with Crippen molar-refractivity contribution >= 4 is 5.91 Å².